The van der Waals surface area contributed by atoms with Crippen molar-refractivity contribution in [1.29, 1.82) is 0 Å². The predicted molar refractivity (Wildman–Crippen MR) is 50.0 cm³/mol. The van der Waals surface area contributed by atoms with Gasteiger partial charge in [0.2, 0.25) is 0 Å². The van der Waals surface area contributed by atoms with Gasteiger partial charge in [-0.2, -0.15) is 0 Å². The van der Waals surface area contributed by atoms with E-state index in [4.69, 9.17) is 0 Å². The number of hydrogen-bond acceptors (Lipinski definition) is 1. The second-order valence-electron chi connectivity index (χ2n) is 5.02. The molecule has 1 atom stereocenters. The highest BCUT2D eigenvalue weighted by Gasteiger charge is 2.54. The minimum absolute atomic E-state index is 0.676. The molecule has 1 heteroatoms. The van der Waals surface area contributed by atoms with Crippen molar-refractivity contribution in [2.75, 3.05) is 6.54 Å². The lowest BCUT2D eigenvalue weighted by molar-refractivity contribution is 0.290. The van der Waals surface area contributed by atoms with Crippen LogP contribution in [0.25, 0.3) is 0 Å². The Hall–Kier alpha value is -0.0400. The second-order valence-corrected chi connectivity index (χ2v) is 5.02. The van der Waals surface area contributed by atoms with E-state index < -0.39 is 0 Å². The molecule has 2 saturated carbocycles. The molecular weight excluding hydrogens is 146 g/mol. The Morgan fingerprint density at radius 2 is 1.75 bits per heavy atom. The van der Waals surface area contributed by atoms with Crippen LogP contribution in [0.2, 0.25) is 0 Å². The van der Waals surface area contributed by atoms with Gasteiger partial charge in [-0.15, -0.1) is 0 Å². The van der Waals surface area contributed by atoms with Crippen LogP contribution in [0.5, 0.6) is 0 Å². The normalized spacial score (nSPS) is 39.5. The molecule has 0 aromatic heterocycles. The largest absolute Gasteiger partial charge is 0.311 e. The summed E-state index contributed by atoms with van der Waals surface area (Å²) in [5.74, 6) is 2.17. The molecule has 1 nitrogen and oxygen atoms in total. The number of rotatable bonds is 1. The Balaban J connectivity index is 1.74. The van der Waals surface area contributed by atoms with Crippen LogP contribution < -0.4 is 5.32 Å². The molecule has 1 spiro atoms. The average Bonchev–Trinajstić information content (AvgIpc) is 2.51. The SMILES string of the molecule is C1CCC(C2CCNC23CC3)C1. The van der Waals surface area contributed by atoms with Crippen LogP contribution in [-0.2, 0) is 0 Å². The first kappa shape index (κ1) is 7.37. The third-order valence-electron chi connectivity index (χ3n) is 4.40. The zero-order valence-corrected chi connectivity index (χ0v) is 7.81. The Morgan fingerprint density at radius 3 is 2.42 bits per heavy atom. The maximum atomic E-state index is 3.73. The van der Waals surface area contributed by atoms with E-state index >= 15 is 0 Å². The molecule has 1 aliphatic heterocycles. The van der Waals surface area contributed by atoms with E-state index in [-0.39, 0.29) is 0 Å². The van der Waals surface area contributed by atoms with Gasteiger partial charge in [-0.3, -0.25) is 0 Å². The fourth-order valence-electron chi connectivity index (χ4n) is 3.61. The third-order valence-corrected chi connectivity index (χ3v) is 4.40. The monoisotopic (exact) mass is 165 g/mol. The molecule has 0 bridgehead atoms. The maximum Gasteiger partial charge on any atom is 0.0214 e. The Bertz CT molecular complexity index is 177. The molecule has 1 saturated heterocycles. The Morgan fingerprint density at radius 1 is 1.00 bits per heavy atom. The first-order valence-electron chi connectivity index (χ1n) is 5.66. The molecule has 3 aliphatic rings. The van der Waals surface area contributed by atoms with Gasteiger partial charge in [-0.25, -0.2) is 0 Å². The van der Waals surface area contributed by atoms with E-state index in [1.165, 1.54) is 51.5 Å². The van der Waals surface area contributed by atoms with E-state index in [1.807, 2.05) is 0 Å². The highest BCUT2D eigenvalue weighted by molar-refractivity contribution is 5.12. The van der Waals surface area contributed by atoms with Crippen LogP contribution in [-0.4, -0.2) is 12.1 Å². The zero-order valence-electron chi connectivity index (χ0n) is 7.81. The van der Waals surface area contributed by atoms with Gasteiger partial charge in [0, 0.05) is 5.54 Å². The van der Waals surface area contributed by atoms with Crippen LogP contribution in [0.4, 0.5) is 0 Å². The molecule has 3 fully saturated rings. The van der Waals surface area contributed by atoms with Crippen LogP contribution >= 0.6 is 0 Å². The van der Waals surface area contributed by atoms with Gasteiger partial charge >= 0.3 is 0 Å². The number of nitrogens with one attached hydrogen (secondary N) is 1. The van der Waals surface area contributed by atoms with E-state index in [9.17, 15) is 0 Å². The first-order valence-corrected chi connectivity index (χ1v) is 5.66. The topological polar surface area (TPSA) is 12.0 Å². The second kappa shape index (κ2) is 2.47. The molecule has 0 radical (unpaired) electrons. The maximum absolute atomic E-state index is 3.73. The average molecular weight is 165 g/mol. The summed E-state index contributed by atoms with van der Waals surface area (Å²) >= 11 is 0. The minimum Gasteiger partial charge on any atom is -0.311 e. The van der Waals surface area contributed by atoms with E-state index in [2.05, 4.69) is 5.32 Å². The van der Waals surface area contributed by atoms with Crippen molar-refractivity contribution in [3.8, 4) is 0 Å². The highest BCUT2D eigenvalue weighted by Crippen LogP contribution is 2.53. The molecule has 0 aromatic rings. The van der Waals surface area contributed by atoms with Crippen molar-refractivity contribution in [1.82, 2.24) is 5.32 Å². The smallest absolute Gasteiger partial charge is 0.0214 e. The molecular formula is C11H19N. The van der Waals surface area contributed by atoms with Crippen LogP contribution in [0.3, 0.4) is 0 Å². The van der Waals surface area contributed by atoms with Crippen LogP contribution in [0, 0.1) is 11.8 Å². The van der Waals surface area contributed by atoms with Crippen molar-refractivity contribution < 1.29 is 0 Å². The zero-order chi connectivity index (χ0) is 8.02. The molecule has 12 heavy (non-hydrogen) atoms. The molecule has 0 amide bonds. The summed E-state index contributed by atoms with van der Waals surface area (Å²) < 4.78 is 0. The van der Waals surface area contributed by atoms with Crippen molar-refractivity contribution in [3.63, 3.8) is 0 Å². The van der Waals surface area contributed by atoms with Gasteiger partial charge in [-0.05, 0) is 37.6 Å². The van der Waals surface area contributed by atoms with E-state index in [1.54, 1.807) is 0 Å². The lowest BCUT2D eigenvalue weighted by Crippen LogP contribution is -2.32. The van der Waals surface area contributed by atoms with E-state index in [0.717, 1.165) is 11.8 Å². The van der Waals surface area contributed by atoms with Crippen LogP contribution in [0.15, 0.2) is 0 Å². The fraction of sp³-hybridized carbons (Fsp3) is 1.00. The molecule has 0 aromatic carbocycles. The lowest BCUT2D eigenvalue weighted by Gasteiger charge is -2.24. The summed E-state index contributed by atoms with van der Waals surface area (Å²) in [6, 6.07) is 0. The number of hydrogen-bond donors (Lipinski definition) is 1. The van der Waals surface area contributed by atoms with E-state index in [0.29, 0.717) is 5.54 Å². The van der Waals surface area contributed by atoms with Gasteiger partial charge in [-0.1, -0.05) is 25.7 Å². The molecule has 3 rings (SSSR count). The van der Waals surface area contributed by atoms with Gasteiger partial charge in [0.25, 0.3) is 0 Å². The van der Waals surface area contributed by atoms with Crippen molar-refractivity contribution in [2.24, 2.45) is 11.8 Å². The molecule has 1 heterocycles. The minimum atomic E-state index is 0.676. The quantitative estimate of drug-likeness (QED) is 0.628. The summed E-state index contributed by atoms with van der Waals surface area (Å²) in [5, 5.41) is 3.73. The summed E-state index contributed by atoms with van der Waals surface area (Å²) in [5.41, 5.74) is 0.676. The van der Waals surface area contributed by atoms with Gasteiger partial charge in [0.05, 0.1) is 0 Å². The van der Waals surface area contributed by atoms with Crippen molar-refractivity contribution >= 4 is 0 Å². The fourth-order valence-corrected chi connectivity index (χ4v) is 3.61. The predicted octanol–water partition coefficient (Wildman–Crippen LogP) is 2.32. The summed E-state index contributed by atoms with van der Waals surface area (Å²) in [6.07, 6.45) is 10.5. The molecule has 1 N–H and O–H groups in total. The molecule has 2 aliphatic carbocycles. The highest BCUT2D eigenvalue weighted by atomic mass is 15.1. The molecule has 68 valence electrons. The summed E-state index contributed by atoms with van der Waals surface area (Å²) in [7, 11) is 0. The van der Waals surface area contributed by atoms with Crippen LogP contribution in [0.1, 0.15) is 44.9 Å². The van der Waals surface area contributed by atoms with Crippen molar-refractivity contribution in [3.05, 3.63) is 0 Å². The van der Waals surface area contributed by atoms with Crippen molar-refractivity contribution in [2.45, 2.75) is 50.5 Å². The molecule has 1 unspecified atom stereocenters. The Kier molecular flexibility index (Phi) is 1.52. The standard InChI is InChI=1S/C11H19N/c1-2-4-9(3-1)10-5-8-12-11(10)6-7-11/h9-10,12H,1-8H2. The van der Waals surface area contributed by atoms with Gasteiger partial charge in [0.15, 0.2) is 0 Å². The summed E-state index contributed by atoms with van der Waals surface area (Å²) in [4.78, 5) is 0. The van der Waals surface area contributed by atoms with Gasteiger partial charge < -0.3 is 5.32 Å². The first-order chi connectivity index (χ1) is 5.91. The Labute approximate surface area is 74.9 Å². The third kappa shape index (κ3) is 0.953. The van der Waals surface area contributed by atoms with Gasteiger partial charge in [0.1, 0.15) is 0 Å². The lowest BCUT2D eigenvalue weighted by atomic mass is 9.83. The summed E-state index contributed by atoms with van der Waals surface area (Å²) in [6.45, 7) is 1.31.